The van der Waals surface area contributed by atoms with E-state index in [2.05, 4.69) is 4.98 Å². The molecule has 0 unspecified atom stereocenters. The normalized spacial score (nSPS) is 11.1. The third-order valence-corrected chi connectivity index (χ3v) is 2.66. The largest absolute Gasteiger partial charge is 0.396 e. The molecule has 0 bridgehead atoms. The quantitative estimate of drug-likeness (QED) is 0.464. The van der Waals surface area contributed by atoms with Crippen molar-refractivity contribution >= 4 is 12.2 Å². The van der Waals surface area contributed by atoms with Gasteiger partial charge in [-0.15, -0.1) is 0 Å². The molecule has 0 radical (unpaired) electrons. The fourth-order valence-corrected chi connectivity index (χ4v) is 1.50. The molecule has 102 valence electrons. The van der Waals surface area contributed by atoms with Crippen LogP contribution < -0.4 is 5.56 Å². The zero-order valence-electron chi connectivity index (χ0n) is 9.70. The number of aliphatic hydroxyl groups is 3. The lowest BCUT2D eigenvalue weighted by molar-refractivity contribution is -0.0508. The minimum Gasteiger partial charge on any atom is -0.396 e. The van der Waals surface area contributed by atoms with Gasteiger partial charge >= 0.3 is 0 Å². The summed E-state index contributed by atoms with van der Waals surface area (Å²) >= 11 is 4.95. The number of hydrogen-bond acceptors (Lipinski definition) is 6. The maximum absolute atomic E-state index is 11.5. The second-order valence-electron chi connectivity index (χ2n) is 3.64. The Bertz CT molecular complexity index is 480. The van der Waals surface area contributed by atoms with Crippen LogP contribution >= 0.6 is 12.2 Å². The van der Waals surface area contributed by atoms with E-state index in [0.717, 1.165) is 0 Å². The van der Waals surface area contributed by atoms with E-state index in [4.69, 9.17) is 32.3 Å². The molecule has 0 aliphatic heterocycles. The van der Waals surface area contributed by atoms with E-state index in [-0.39, 0.29) is 43.3 Å². The summed E-state index contributed by atoms with van der Waals surface area (Å²) in [5.41, 5.74) is 0.0467. The van der Waals surface area contributed by atoms with Gasteiger partial charge in [0, 0.05) is 24.8 Å². The van der Waals surface area contributed by atoms with Crippen molar-refractivity contribution in [2.75, 3.05) is 19.8 Å². The van der Waals surface area contributed by atoms with E-state index in [9.17, 15) is 4.79 Å². The molecule has 1 rings (SSSR count). The van der Waals surface area contributed by atoms with Crippen LogP contribution in [0.5, 0.6) is 0 Å². The maximum Gasteiger partial charge on any atom is 0.254 e. The Morgan fingerprint density at radius 3 is 2.61 bits per heavy atom. The minimum atomic E-state index is -0.694. The highest BCUT2D eigenvalue weighted by Gasteiger charge is 2.07. The number of ether oxygens (including phenoxy) is 1. The molecule has 0 amide bonds. The monoisotopic (exact) mass is 276 g/mol. The lowest BCUT2D eigenvalue weighted by Crippen LogP contribution is -2.25. The molecule has 0 saturated heterocycles. The number of hydrogen-bond donors (Lipinski definition) is 4. The Morgan fingerprint density at radius 1 is 1.39 bits per heavy atom. The van der Waals surface area contributed by atoms with Crippen LogP contribution in [-0.4, -0.2) is 50.8 Å². The van der Waals surface area contributed by atoms with Crippen LogP contribution in [0.1, 0.15) is 5.56 Å². The van der Waals surface area contributed by atoms with Crippen molar-refractivity contribution in [3.05, 3.63) is 26.9 Å². The zero-order chi connectivity index (χ0) is 13.5. The van der Waals surface area contributed by atoms with Crippen molar-refractivity contribution < 1.29 is 20.1 Å². The first-order chi connectivity index (χ1) is 8.62. The molecule has 0 saturated carbocycles. The van der Waals surface area contributed by atoms with Gasteiger partial charge in [0.2, 0.25) is 0 Å². The summed E-state index contributed by atoms with van der Waals surface area (Å²) in [5, 5.41) is 26.5. The number of rotatable bonds is 7. The number of nitrogens with zero attached hydrogens (tertiary/aromatic N) is 1. The van der Waals surface area contributed by atoms with Gasteiger partial charge in [-0.3, -0.25) is 9.78 Å². The second kappa shape index (κ2) is 7.39. The van der Waals surface area contributed by atoms with E-state index < -0.39 is 6.10 Å². The lowest BCUT2D eigenvalue weighted by Gasteiger charge is -2.14. The van der Waals surface area contributed by atoms with Crippen LogP contribution in [0.3, 0.4) is 0 Å². The van der Waals surface area contributed by atoms with E-state index in [1.54, 1.807) is 0 Å². The number of aromatic amines is 1. The SMILES string of the molecule is O=c1[nH]c(=S)n(COC(CO)CO)cc1CCO. The average molecular weight is 276 g/mol. The van der Waals surface area contributed by atoms with Crippen molar-refractivity contribution in [2.45, 2.75) is 19.3 Å². The molecule has 0 fully saturated rings. The summed E-state index contributed by atoms with van der Waals surface area (Å²) in [7, 11) is 0. The second-order valence-corrected chi connectivity index (χ2v) is 4.03. The smallest absolute Gasteiger partial charge is 0.254 e. The molecular formula is C10H16N2O5S. The van der Waals surface area contributed by atoms with E-state index in [1.807, 2.05) is 0 Å². The van der Waals surface area contributed by atoms with E-state index >= 15 is 0 Å². The van der Waals surface area contributed by atoms with Crippen LogP contribution in [0.2, 0.25) is 0 Å². The fourth-order valence-electron chi connectivity index (χ4n) is 1.30. The van der Waals surface area contributed by atoms with Gasteiger partial charge in [0.05, 0.1) is 13.2 Å². The van der Waals surface area contributed by atoms with Gasteiger partial charge in [-0.05, 0) is 12.2 Å². The van der Waals surface area contributed by atoms with Gasteiger partial charge in [-0.2, -0.15) is 0 Å². The first-order valence-corrected chi connectivity index (χ1v) is 5.80. The number of H-pyrrole nitrogens is 1. The molecule has 1 aromatic heterocycles. The van der Waals surface area contributed by atoms with Gasteiger partial charge in [-0.25, -0.2) is 0 Å². The lowest BCUT2D eigenvalue weighted by atomic mass is 10.2. The molecular weight excluding hydrogens is 260 g/mol. The highest BCUT2D eigenvalue weighted by atomic mass is 32.1. The predicted octanol–water partition coefficient (Wildman–Crippen LogP) is -1.23. The van der Waals surface area contributed by atoms with Gasteiger partial charge in [-0.1, -0.05) is 0 Å². The molecule has 0 spiro atoms. The highest BCUT2D eigenvalue weighted by molar-refractivity contribution is 7.71. The van der Waals surface area contributed by atoms with Crippen LogP contribution in [0.15, 0.2) is 11.0 Å². The number of aromatic nitrogens is 2. The molecule has 1 aromatic rings. The summed E-state index contributed by atoms with van der Waals surface area (Å²) in [5.74, 6) is 0. The Morgan fingerprint density at radius 2 is 2.06 bits per heavy atom. The van der Waals surface area contributed by atoms with Crippen molar-refractivity contribution in [1.82, 2.24) is 9.55 Å². The molecule has 18 heavy (non-hydrogen) atoms. The molecule has 8 heteroatoms. The Balaban J connectivity index is 2.85. The first-order valence-electron chi connectivity index (χ1n) is 5.39. The summed E-state index contributed by atoms with van der Waals surface area (Å²) in [6.45, 7) is -0.760. The van der Waals surface area contributed by atoms with Crippen LogP contribution in [0.25, 0.3) is 0 Å². The van der Waals surface area contributed by atoms with Crippen molar-refractivity contribution in [2.24, 2.45) is 0 Å². The summed E-state index contributed by atoms with van der Waals surface area (Å²) in [6, 6.07) is 0. The molecule has 0 aromatic carbocycles. The third-order valence-electron chi connectivity index (χ3n) is 2.32. The van der Waals surface area contributed by atoms with Crippen molar-refractivity contribution in [3.8, 4) is 0 Å². The molecule has 4 N–H and O–H groups in total. The topological polar surface area (TPSA) is 108 Å². The average Bonchev–Trinajstić information content (AvgIpc) is 2.35. The van der Waals surface area contributed by atoms with E-state index in [0.29, 0.717) is 5.56 Å². The highest BCUT2D eigenvalue weighted by Crippen LogP contribution is 1.98. The Hall–Kier alpha value is -1.06. The van der Waals surface area contributed by atoms with Gasteiger partial charge in [0.25, 0.3) is 5.56 Å². The molecule has 0 aliphatic carbocycles. The van der Waals surface area contributed by atoms with Gasteiger partial charge in [0.15, 0.2) is 4.77 Å². The summed E-state index contributed by atoms with van der Waals surface area (Å²) in [6.07, 6.45) is 1.01. The molecule has 0 aliphatic rings. The maximum atomic E-state index is 11.5. The number of aliphatic hydroxyl groups excluding tert-OH is 3. The number of nitrogens with one attached hydrogen (secondary N) is 1. The fraction of sp³-hybridized carbons (Fsp3) is 0.600. The summed E-state index contributed by atoms with van der Waals surface area (Å²) in [4.78, 5) is 13.9. The first kappa shape index (κ1) is 15.0. The summed E-state index contributed by atoms with van der Waals surface area (Å²) < 4.78 is 6.83. The van der Waals surface area contributed by atoms with Gasteiger partial charge in [0.1, 0.15) is 12.8 Å². The predicted molar refractivity (Wildman–Crippen MR) is 65.7 cm³/mol. The van der Waals surface area contributed by atoms with Crippen LogP contribution in [-0.2, 0) is 17.9 Å². The Labute approximate surface area is 108 Å². The van der Waals surface area contributed by atoms with Crippen molar-refractivity contribution in [1.29, 1.82) is 0 Å². The van der Waals surface area contributed by atoms with E-state index in [1.165, 1.54) is 10.8 Å². The Kier molecular flexibility index (Phi) is 6.16. The molecule has 1 heterocycles. The standard InChI is InChI=1S/C10H16N2O5S/c13-2-1-7-3-12(10(18)11-9(7)16)6-17-8(4-14)5-15/h3,8,13-15H,1-2,4-6H2,(H,11,16,18). The van der Waals surface area contributed by atoms with Crippen LogP contribution in [0.4, 0.5) is 0 Å². The van der Waals surface area contributed by atoms with Crippen LogP contribution in [0, 0.1) is 4.77 Å². The zero-order valence-corrected chi connectivity index (χ0v) is 10.5. The van der Waals surface area contributed by atoms with Gasteiger partial charge < -0.3 is 24.6 Å². The minimum absolute atomic E-state index is 0.000170. The molecule has 7 nitrogen and oxygen atoms in total. The third kappa shape index (κ3) is 4.00. The molecule has 0 atom stereocenters. The van der Waals surface area contributed by atoms with Crippen molar-refractivity contribution in [3.63, 3.8) is 0 Å².